The zero-order valence-corrected chi connectivity index (χ0v) is 12.3. The zero-order valence-electron chi connectivity index (χ0n) is 10.7. The van der Waals surface area contributed by atoms with Crippen molar-refractivity contribution >= 4 is 33.3 Å². The molecule has 0 saturated heterocycles. The summed E-state index contributed by atoms with van der Waals surface area (Å²) in [5.74, 6) is 0.713. The highest BCUT2D eigenvalue weighted by Gasteiger charge is 2.46. The van der Waals surface area contributed by atoms with Crippen molar-refractivity contribution in [2.24, 2.45) is 0 Å². The number of rotatable bonds is 1. The molecule has 1 aliphatic heterocycles. The van der Waals surface area contributed by atoms with Crippen LogP contribution in [0.25, 0.3) is 0 Å². The predicted octanol–water partition coefficient (Wildman–Crippen LogP) is 3.80. The Morgan fingerprint density at radius 3 is 2.63 bits per heavy atom. The number of hydrogen-bond acceptors (Lipinski definition) is 2. The number of anilines is 2. The SMILES string of the molecule is CC1(C)C(=O)N(c2ccccn2)c2cccc(Br)c21. The standard InChI is InChI=1S/C15H13BrN2O/c1-15(2)13-10(16)6-5-7-11(13)18(14(15)19)12-8-3-4-9-17-12/h3-9H,1-2H3. The number of hydrogen-bond donors (Lipinski definition) is 0. The van der Waals surface area contributed by atoms with Crippen molar-refractivity contribution in [2.75, 3.05) is 4.90 Å². The maximum Gasteiger partial charge on any atom is 0.242 e. The van der Waals surface area contributed by atoms with Gasteiger partial charge >= 0.3 is 0 Å². The summed E-state index contributed by atoms with van der Waals surface area (Å²) >= 11 is 3.55. The number of halogens is 1. The zero-order chi connectivity index (χ0) is 13.6. The molecule has 1 aliphatic rings. The van der Waals surface area contributed by atoms with Gasteiger partial charge in [-0.25, -0.2) is 4.98 Å². The molecule has 0 fully saturated rings. The molecule has 4 heteroatoms. The fourth-order valence-electron chi connectivity index (χ4n) is 2.53. The van der Waals surface area contributed by atoms with Gasteiger partial charge in [-0.15, -0.1) is 0 Å². The first-order valence-electron chi connectivity index (χ1n) is 6.08. The van der Waals surface area contributed by atoms with Crippen LogP contribution in [0.2, 0.25) is 0 Å². The van der Waals surface area contributed by atoms with Crippen molar-refractivity contribution in [3.8, 4) is 0 Å². The third-order valence-corrected chi connectivity index (χ3v) is 4.13. The van der Waals surface area contributed by atoms with Gasteiger partial charge in [0.15, 0.2) is 0 Å². The molecular formula is C15H13BrN2O. The molecule has 19 heavy (non-hydrogen) atoms. The molecule has 0 atom stereocenters. The average Bonchev–Trinajstić information content (AvgIpc) is 2.60. The minimum Gasteiger partial charge on any atom is -0.273 e. The minimum absolute atomic E-state index is 0.0492. The molecule has 3 rings (SSSR count). The van der Waals surface area contributed by atoms with Gasteiger partial charge in [0.2, 0.25) is 5.91 Å². The second-order valence-corrected chi connectivity index (χ2v) is 5.94. The van der Waals surface area contributed by atoms with Crippen molar-refractivity contribution in [1.82, 2.24) is 4.98 Å². The lowest BCUT2D eigenvalue weighted by Crippen LogP contribution is -2.33. The van der Waals surface area contributed by atoms with E-state index in [1.54, 1.807) is 11.1 Å². The summed E-state index contributed by atoms with van der Waals surface area (Å²) in [6, 6.07) is 11.4. The quantitative estimate of drug-likeness (QED) is 0.801. The molecule has 96 valence electrons. The van der Waals surface area contributed by atoms with Crippen LogP contribution in [0, 0.1) is 0 Å². The summed E-state index contributed by atoms with van der Waals surface area (Å²) < 4.78 is 0.960. The fraction of sp³-hybridized carbons (Fsp3) is 0.200. The van der Waals surface area contributed by atoms with E-state index >= 15 is 0 Å². The molecule has 1 aromatic carbocycles. The van der Waals surface area contributed by atoms with Crippen LogP contribution in [0.1, 0.15) is 19.4 Å². The molecule has 0 N–H and O–H groups in total. The largest absolute Gasteiger partial charge is 0.273 e. The Balaban J connectivity index is 2.26. The molecule has 0 unspecified atom stereocenters. The molecule has 2 heterocycles. The summed E-state index contributed by atoms with van der Waals surface area (Å²) in [6.07, 6.45) is 1.70. The van der Waals surface area contributed by atoms with Crippen LogP contribution in [0.15, 0.2) is 47.1 Å². The first kappa shape index (κ1) is 12.4. The Hall–Kier alpha value is -1.68. The lowest BCUT2D eigenvalue weighted by atomic mass is 9.86. The van der Waals surface area contributed by atoms with E-state index in [1.165, 1.54) is 0 Å². The molecule has 1 aromatic heterocycles. The summed E-state index contributed by atoms with van der Waals surface area (Å²) in [6.45, 7) is 3.89. The number of benzene rings is 1. The monoisotopic (exact) mass is 316 g/mol. The number of carbonyl (C=O) groups is 1. The highest BCUT2D eigenvalue weighted by Crippen LogP contribution is 2.47. The van der Waals surface area contributed by atoms with Gasteiger partial charge in [-0.05, 0) is 38.1 Å². The predicted molar refractivity (Wildman–Crippen MR) is 78.6 cm³/mol. The second-order valence-electron chi connectivity index (χ2n) is 5.09. The first-order valence-corrected chi connectivity index (χ1v) is 6.87. The van der Waals surface area contributed by atoms with E-state index in [2.05, 4.69) is 20.9 Å². The van der Waals surface area contributed by atoms with Gasteiger partial charge in [0.05, 0.1) is 11.1 Å². The van der Waals surface area contributed by atoms with E-state index in [1.807, 2.05) is 50.2 Å². The second kappa shape index (κ2) is 4.17. The molecule has 0 aliphatic carbocycles. The summed E-state index contributed by atoms with van der Waals surface area (Å²) in [4.78, 5) is 18.7. The van der Waals surface area contributed by atoms with Crippen LogP contribution in [-0.2, 0) is 10.2 Å². The van der Waals surface area contributed by atoms with E-state index < -0.39 is 5.41 Å². The first-order chi connectivity index (χ1) is 9.03. The summed E-state index contributed by atoms with van der Waals surface area (Å²) in [5.41, 5.74) is 1.38. The Labute approximate surface area is 120 Å². The maximum atomic E-state index is 12.7. The van der Waals surface area contributed by atoms with Gasteiger partial charge in [-0.1, -0.05) is 28.1 Å². The van der Waals surface area contributed by atoms with Gasteiger partial charge in [0, 0.05) is 16.2 Å². The maximum absolute atomic E-state index is 12.7. The van der Waals surface area contributed by atoms with E-state index in [9.17, 15) is 4.79 Å². The smallest absolute Gasteiger partial charge is 0.242 e. The van der Waals surface area contributed by atoms with Crippen LogP contribution in [0.5, 0.6) is 0 Å². The summed E-state index contributed by atoms with van der Waals surface area (Å²) in [7, 11) is 0. The number of amides is 1. The van der Waals surface area contributed by atoms with E-state index in [0.717, 1.165) is 15.7 Å². The van der Waals surface area contributed by atoms with E-state index in [-0.39, 0.29) is 5.91 Å². The fourth-order valence-corrected chi connectivity index (χ4v) is 3.38. The molecule has 0 bridgehead atoms. The summed E-state index contributed by atoms with van der Waals surface area (Å²) in [5, 5.41) is 0. The highest BCUT2D eigenvalue weighted by atomic mass is 79.9. The molecular weight excluding hydrogens is 304 g/mol. The number of fused-ring (bicyclic) bond motifs is 1. The van der Waals surface area contributed by atoms with Crippen LogP contribution in [0.4, 0.5) is 11.5 Å². The molecule has 0 radical (unpaired) electrons. The molecule has 2 aromatic rings. The van der Waals surface area contributed by atoms with Crippen LogP contribution < -0.4 is 4.90 Å². The van der Waals surface area contributed by atoms with Crippen LogP contribution in [0.3, 0.4) is 0 Å². The third-order valence-electron chi connectivity index (χ3n) is 3.47. The third kappa shape index (κ3) is 1.70. The Kier molecular flexibility index (Phi) is 2.71. The number of carbonyl (C=O) groups excluding carboxylic acids is 1. The lowest BCUT2D eigenvalue weighted by Gasteiger charge is -2.19. The normalized spacial score (nSPS) is 16.6. The van der Waals surface area contributed by atoms with E-state index in [4.69, 9.17) is 0 Å². The molecule has 1 amide bonds. The van der Waals surface area contributed by atoms with Crippen LogP contribution >= 0.6 is 15.9 Å². The van der Waals surface area contributed by atoms with Gasteiger partial charge in [0.1, 0.15) is 5.82 Å². The number of aromatic nitrogens is 1. The number of nitrogens with zero attached hydrogens (tertiary/aromatic N) is 2. The Bertz CT molecular complexity index is 652. The van der Waals surface area contributed by atoms with Gasteiger partial charge in [0.25, 0.3) is 0 Å². The Morgan fingerprint density at radius 2 is 1.95 bits per heavy atom. The molecule has 0 saturated carbocycles. The average molecular weight is 317 g/mol. The van der Waals surface area contributed by atoms with Crippen molar-refractivity contribution in [2.45, 2.75) is 19.3 Å². The van der Waals surface area contributed by atoms with Gasteiger partial charge < -0.3 is 0 Å². The molecule has 0 spiro atoms. The van der Waals surface area contributed by atoms with Crippen molar-refractivity contribution < 1.29 is 4.79 Å². The van der Waals surface area contributed by atoms with Crippen molar-refractivity contribution in [3.05, 3.63) is 52.6 Å². The van der Waals surface area contributed by atoms with Gasteiger partial charge in [-0.2, -0.15) is 0 Å². The van der Waals surface area contributed by atoms with Crippen LogP contribution in [-0.4, -0.2) is 10.9 Å². The van der Waals surface area contributed by atoms with Gasteiger partial charge in [-0.3, -0.25) is 9.69 Å². The topological polar surface area (TPSA) is 33.2 Å². The van der Waals surface area contributed by atoms with Crippen molar-refractivity contribution in [1.29, 1.82) is 0 Å². The minimum atomic E-state index is -0.549. The highest BCUT2D eigenvalue weighted by molar-refractivity contribution is 9.10. The Morgan fingerprint density at radius 1 is 1.16 bits per heavy atom. The van der Waals surface area contributed by atoms with E-state index in [0.29, 0.717) is 5.82 Å². The van der Waals surface area contributed by atoms with Crippen molar-refractivity contribution in [3.63, 3.8) is 0 Å². The lowest BCUT2D eigenvalue weighted by molar-refractivity contribution is -0.121. The molecule has 3 nitrogen and oxygen atoms in total. The number of pyridine rings is 1.